The number of benzene rings is 1. The zero-order valence-corrected chi connectivity index (χ0v) is 16.5. The van der Waals surface area contributed by atoms with Crippen molar-refractivity contribution in [1.29, 1.82) is 0 Å². The Labute approximate surface area is 173 Å². The van der Waals surface area contributed by atoms with Crippen LogP contribution >= 0.6 is 23.2 Å². The van der Waals surface area contributed by atoms with Crippen molar-refractivity contribution in [2.24, 2.45) is 0 Å². The van der Waals surface area contributed by atoms with Crippen LogP contribution < -0.4 is 16.6 Å². The largest absolute Gasteiger partial charge is 0.394 e. The monoisotopic (exact) mass is 448 g/mol. The molecule has 0 radical (unpaired) electrons. The number of aromatic nitrogens is 2. The number of aryl methyl sites for hydroxylation is 1. The van der Waals surface area contributed by atoms with E-state index in [1.807, 2.05) is 0 Å². The summed E-state index contributed by atoms with van der Waals surface area (Å²) in [4.78, 5) is 45.2. The number of amides is 1. The number of carbonyl (C=O) groups is 1. The number of nitrogens with zero attached hydrogens (tertiary/aromatic N) is 1. The summed E-state index contributed by atoms with van der Waals surface area (Å²) in [6, 6.07) is 4.05. The average Bonchev–Trinajstić information content (AvgIpc) is 2.69. The van der Waals surface area contributed by atoms with Gasteiger partial charge in [-0.15, -0.1) is 0 Å². The van der Waals surface area contributed by atoms with Crippen LogP contribution in [0.4, 0.5) is 5.69 Å². The molecule has 29 heavy (non-hydrogen) atoms. The highest BCUT2D eigenvalue weighted by Gasteiger charge is 2.24. The number of rotatable bonds is 6. The molecular formula is C16H18Cl2N4O7. The van der Waals surface area contributed by atoms with Crippen LogP contribution in [0.1, 0.15) is 17.2 Å². The van der Waals surface area contributed by atoms with Gasteiger partial charge in [0.1, 0.15) is 6.10 Å². The molecule has 1 aromatic heterocycles. The molecule has 5 N–H and O–H groups in total. The predicted octanol–water partition coefficient (Wildman–Crippen LogP) is 0.281. The van der Waals surface area contributed by atoms with Gasteiger partial charge in [-0.1, -0.05) is 23.2 Å². The predicted molar refractivity (Wildman–Crippen MR) is 105 cm³/mol. The van der Waals surface area contributed by atoms with Crippen LogP contribution in [0.25, 0.3) is 0 Å². The molecule has 13 heteroatoms. The lowest BCUT2D eigenvalue weighted by atomic mass is 10.0. The van der Waals surface area contributed by atoms with E-state index in [0.29, 0.717) is 11.1 Å². The minimum absolute atomic E-state index is 0.132. The molecule has 0 unspecified atom stereocenters. The third-order valence-electron chi connectivity index (χ3n) is 3.55. The van der Waals surface area contributed by atoms with Gasteiger partial charge in [0, 0.05) is 23.9 Å². The number of nitro groups is 1. The second-order valence-corrected chi connectivity index (χ2v) is 6.74. The SMILES string of the molecule is Cc1c[nH]c(=O)[nH]c1=O.O=C(N[C@H](CO)[C@H](O)c1ccc([N+](=O)[O-])cc1)C(Cl)Cl. The van der Waals surface area contributed by atoms with Gasteiger partial charge in [-0.05, 0) is 24.6 Å². The first-order valence-electron chi connectivity index (χ1n) is 7.97. The Hall–Kier alpha value is -2.73. The van der Waals surface area contributed by atoms with Crippen LogP contribution in [-0.2, 0) is 4.79 Å². The highest BCUT2D eigenvalue weighted by Crippen LogP contribution is 2.20. The first-order valence-corrected chi connectivity index (χ1v) is 8.84. The van der Waals surface area contributed by atoms with Gasteiger partial charge in [0.15, 0.2) is 4.84 Å². The average molecular weight is 449 g/mol. The lowest BCUT2D eigenvalue weighted by Crippen LogP contribution is -2.44. The minimum atomic E-state index is -1.33. The van der Waals surface area contributed by atoms with Crippen LogP contribution in [0.15, 0.2) is 40.1 Å². The van der Waals surface area contributed by atoms with Crippen molar-refractivity contribution in [3.8, 4) is 0 Å². The van der Waals surface area contributed by atoms with Crippen LogP contribution in [0, 0.1) is 17.0 Å². The Bertz CT molecular complexity index is 943. The summed E-state index contributed by atoms with van der Waals surface area (Å²) in [5, 5.41) is 31.9. The number of nitro benzene ring substituents is 1. The number of aliphatic hydroxyl groups excluding tert-OH is 2. The van der Waals surface area contributed by atoms with E-state index >= 15 is 0 Å². The van der Waals surface area contributed by atoms with Gasteiger partial charge in [-0.3, -0.25) is 24.7 Å². The van der Waals surface area contributed by atoms with Crippen molar-refractivity contribution in [3.63, 3.8) is 0 Å². The number of aromatic amines is 2. The maximum atomic E-state index is 11.3. The number of hydrogen-bond acceptors (Lipinski definition) is 7. The normalized spacial score (nSPS) is 12.5. The van der Waals surface area contributed by atoms with Crippen molar-refractivity contribution in [1.82, 2.24) is 15.3 Å². The van der Waals surface area contributed by atoms with Crippen molar-refractivity contribution in [2.75, 3.05) is 6.61 Å². The Morgan fingerprint density at radius 2 is 1.86 bits per heavy atom. The van der Waals surface area contributed by atoms with E-state index in [1.165, 1.54) is 30.5 Å². The van der Waals surface area contributed by atoms with Crippen molar-refractivity contribution in [2.45, 2.75) is 23.9 Å². The van der Waals surface area contributed by atoms with Crippen LogP contribution in [-0.4, -0.2) is 48.5 Å². The molecule has 1 heterocycles. The van der Waals surface area contributed by atoms with E-state index in [1.54, 1.807) is 6.92 Å². The Balaban J connectivity index is 0.000000387. The molecular weight excluding hydrogens is 431 g/mol. The number of halogens is 2. The topological polar surface area (TPSA) is 178 Å². The van der Waals surface area contributed by atoms with E-state index < -0.39 is 40.1 Å². The first-order chi connectivity index (χ1) is 13.6. The lowest BCUT2D eigenvalue weighted by molar-refractivity contribution is -0.384. The quantitative estimate of drug-likeness (QED) is 0.239. The molecule has 0 bridgehead atoms. The molecule has 1 amide bonds. The molecule has 2 rings (SSSR count). The summed E-state index contributed by atoms with van der Waals surface area (Å²) in [6.45, 7) is 1.07. The van der Waals surface area contributed by atoms with Gasteiger partial charge < -0.3 is 20.5 Å². The van der Waals surface area contributed by atoms with Crippen molar-refractivity contribution in [3.05, 3.63) is 72.5 Å². The molecule has 0 aliphatic carbocycles. The van der Waals surface area contributed by atoms with E-state index in [-0.39, 0.29) is 11.2 Å². The summed E-state index contributed by atoms with van der Waals surface area (Å²) < 4.78 is 0. The smallest absolute Gasteiger partial charge is 0.325 e. The Kier molecular flexibility index (Phi) is 9.48. The minimum Gasteiger partial charge on any atom is -0.394 e. The summed E-state index contributed by atoms with van der Waals surface area (Å²) >= 11 is 10.7. The highest BCUT2D eigenvalue weighted by atomic mass is 35.5. The molecule has 0 spiro atoms. The third kappa shape index (κ3) is 7.66. The maximum Gasteiger partial charge on any atom is 0.325 e. The second-order valence-electron chi connectivity index (χ2n) is 5.65. The van der Waals surface area contributed by atoms with Crippen molar-refractivity contribution >= 4 is 34.8 Å². The highest BCUT2D eigenvalue weighted by molar-refractivity contribution is 6.53. The maximum absolute atomic E-state index is 11.3. The number of aliphatic hydroxyl groups is 2. The standard InChI is InChI=1S/C11H12Cl2N2O5.C5H6N2O2/c12-10(13)11(18)14-8(5-16)9(17)6-1-3-7(4-2-6)15(19)20;1-3-2-6-5(9)7-4(3)8/h1-4,8-10,16-17H,5H2,(H,14,18);2H,1H3,(H2,6,7,8,9)/t8-,9-;/m1./s1. The fourth-order valence-corrected chi connectivity index (χ4v) is 2.10. The van der Waals surface area contributed by atoms with E-state index in [0.717, 1.165) is 0 Å². The molecule has 0 aliphatic rings. The number of hydrogen-bond donors (Lipinski definition) is 5. The number of carbonyl (C=O) groups excluding carboxylic acids is 1. The van der Waals surface area contributed by atoms with Gasteiger partial charge in [0.2, 0.25) is 0 Å². The molecule has 158 valence electrons. The number of non-ortho nitro benzene ring substituents is 1. The zero-order chi connectivity index (χ0) is 22.1. The fraction of sp³-hybridized carbons (Fsp3) is 0.312. The first kappa shape index (κ1) is 24.3. The molecule has 2 atom stereocenters. The summed E-state index contributed by atoms with van der Waals surface area (Å²) in [6.07, 6.45) is 0.123. The van der Waals surface area contributed by atoms with Crippen LogP contribution in [0.3, 0.4) is 0 Å². The number of alkyl halides is 2. The fourth-order valence-electron chi connectivity index (χ4n) is 1.97. The zero-order valence-electron chi connectivity index (χ0n) is 15.0. The number of H-pyrrole nitrogens is 2. The van der Waals surface area contributed by atoms with Crippen molar-refractivity contribution < 1.29 is 19.9 Å². The molecule has 0 fully saturated rings. The van der Waals surface area contributed by atoms with Gasteiger partial charge >= 0.3 is 5.69 Å². The Morgan fingerprint density at radius 1 is 1.28 bits per heavy atom. The lowest BCUT2D eigenvalue weighted by Gasteiger charge is -2.22. The van der Waals surface area contributed by atoms with E-state index in [4.69, 9.17) is 28.3 Å². The summed E-state index contributed by atoms with van der Waals surface area (Å²) in [7, 11) is 0. The van der Waals surface area contributed by atoms with Gasteiger partial charge in [0.25, 0.3) is 17.2 Å². The van der Waals surface area contributed by atoms with Crippen LogP contribution in [0.2, 0.25) is 0 Å². The van der Waals surface area contributed by atoms with Gasteiger partial charge in [-0.2, -0.15) is 0 Å². The van der Waals surface area contributed by atoms with Crippen LogP contribution in [0.5, 0.6) is 0 Å². The molecule has 11 nitrogen and oxygen atoms in total. The van der Waals surface area contributed by atoms with Gasteiger partial charge in [0.05, 0.1) is 17.6 Å². The Morgan fingerprint density at radius 3 is 2.28 bits per heavy atom. The summed E-state index contributed by atoms with van der Waals surface area (Å²) in [5.74, 6) is -0.756. The molecule has 0 aliphatic heterocycles. The van der Waals surface area contributed by atoms with Gasteiger partial charge in [-0.25, -0.2) is 4.79 Å². The third-order valence-corrected chi connectivity index (χ3v) is 3.95. The molecule has 0 saturated carbocycles. The second kappa shape index (κ2) is 11.3. The van der Waals surface area contributed by atoms with E-state index in [2.05, 4.69) is 15.3 Å². The number of nitrogens with one attached hydrogen (secondary N) is 3. The molecule has 0 saturated heterocycles. The van der Waals surface area contributed by atoms with E-state index in [9.17, 15) is 29.6 Å². The summed E-state index contributed by atoms with van der Waals surface area (Å²) in [5.41, 5.74) is -0.123. The molecule has 2 aromatic rings. The molecule has 1 aromatic carbocycles.